The number of aliphatic imine (C=N–C) groups is 1. The zero-order valence-corrected chi connectivity index (χ0v) is 18.8. The van der Waals surface area contributed by atoms with Crippen LogP contribution in [-0.2, 0) is 4.74 Å². The fourth-order valence-corrected chi connectivity index (χ4v) is 2.23. The van der Waals surface area contributed by atoms with Crippen molar-refractivity contribution in [1.82, 2.24) is 5.32 Å². The number of nitrogens with one attached hydrogen (secondary N) is 1. The van der Waals surface area contributed by atoms with Gasteiger partial charge in [-0.05, 0) is 27.7 Å². The molecule has 0 unspecified atom stereocenters. The van der Waals surface area contributed by atoms with E-state index in [-0.39, 0.29) is 0 Å². The van der Waals surface area contributed by atoms with Gasteiger partial charge < -0.3 is 10.1 Å². The molecule has 0 aliphatic rings. The lowest BCUT2D eigenvalue weighted by atomic mass is 9.88. The molecular weight excluding hydrogens is 571 g/mol. The summed E-state index contributed by atoms with van der Waals surface area (Å²) in [6.07, 6.45) is -10.5. The van der Waals surface area contributed by atoms with Crippen molar-refractivity contribution in [2.75, 3.05) is 6.61 Å². The maximum Gasteiger partial charge on any atom is 0.460 e. The van der Waals surface area contributed by atoms with Crippen LogP contribution in [0.3, 0.4) is 0 Å². The molecule has 0 saturated heterocycles. The van der Waals surface area contributed by atoms with E-state index in [9.17, 15) is 74.6 Å². The molecule has 0 amide bonds. The summed E-state index contributed by atoms with van der Waals surface area (Å²) in [5.74, 6) is -56.5. The van der Waals surface area contributed by atoms with Gasteiger partial charge in [-0.1, -0.05) is 0 Å². The van der Waals surface area contributed by atoms with E-state index in [1.165, 1.54) is 27.7 Å². The summed E-state index contributed by atoms with van der Waals surface area (Å²) in [6, 6.07) is -1.85. The first-order valence-corrected chi connectivity index (χ1v) is 9.64. The van der Waals surface area contributed by atoms with E-state index in [0.717, 1.165) is 0 Å². The normalized spacial score (nSPS) is 16.0. The Balaban J connectivity index is 6.28. The molecule has 0 aliphatic carbocycles. The second kappa shape index (κ2) is 10.3. The summed E-state index contributed by atoms with van der Waals surface area (Å²) in [7, 11) is 0. The topological polar surface area (TPSA) is 33.6 Å². The van der Waals surface area contributed by atoms with Gasteiger partial charge in [0.2, 0.25) is 0 Å². The van der Waals surface area contributed by atoms with Crippen LogP contribution in [0.2, 0.25) is 0 Å². The van der Waals surface area contributed by atoms with E-state index >= 15 is 0 Å². The van der Waals surface area contributed by atoms with E-state index in [2.05, 4.69) is 15.0 Å². The van der Waals surface area contributed by atoms with Crippen molar-refractivity contribution in [2.45, 2.75) is 93.8 Å². The van der Waals surface area contributed by atoms with Gasteiger partial charge in [-0.2, -0.15) is 74.6 Å². The highest BCUT2D eigenvalue weighted by Crippen LogP contribution is 2.64. The third-order valence-corrected chi connectivity index (χ3v) is 4.23. The SMILES string of the molecule is CC(C)N=C(NC(C)C)OCCC(F)(F)C(F)(F)C(F)(F)C(F)(F)C(F)(F)C(F)(F)C(F)(F)C(F)(F)F. The Bertz CT molecular complexity index is 802. The molecule has 0 aromatic carbocycles. The van der Waals surface area contributed by atoms with Crippen LogP contribution in [0, 0.1) is 0 Å². The molecule has 0 radical (unpaired) electrons. The number of halogens is 17. The first-order valence-electron chi connectivity index (χ1n) is 9.64. The molecule has 0 saturated carbocycles. The Labute approximate surface area is 197 Å². The van der Waals surface area contributed by atoms with Crippen molar-refractivity contribution in [3.63, 3.8) is 0 Å². The molecule has 0 aromatic rings. The largest absolute Gasteiger partial charge is 0.465 e. The van der Waals surface area contributed by atoms with Gasteiger partial charge in [0.25, 0.3) is 6.02 Å². The number of nitrogens with zero attached hydrogens (tertiary/aromatic N) is 1. The Kier molecular flexibility index (Phi) is 9.80. The number of rotatable bonds is 11. The average molecular weight is 590 g/mol. The van der Waals surface area contributed by atoms with Crippen LogP contribution in [-0.4, -0.2) is 72.3 Å². The Morgan fingerprint density at radius 2 is 0.946 bits per heavy atom. The van der Waals surface area contributed by atoms with Gasteiger partial charge in [-0.25, -0.2) is 4.99 Å². The maximum absolute atomic E-state index is 13.8. The van der Waals surface area contributed by atoms with Crippen molar-refractivity contribution in [3.05, 3.63) is 0 Å². The molecule has 0 spiro atoms. The van der Waals surface area contributed by atoms with Gasteiger partial charge in [-0.3, -0.25) is 0 Å². The standard InChI is InChI=1S/C17H19F17N2O/c1-7(2)35-9(36-8(3)4)37-6-5-10(18,19)11(20,21)12(22,23)13(24,25)14(26,27)15(28,29)16(30,31)17(32,33)34/h7-8H,5-6H2,1-4H3,(H,35,36). The van der Waals surface area contributed by atoms with Gasteiger partial charge >= 0.3 is 47.6 Å². The molecule has 0 bridgehead atoms. The molecule has 0 heterocycles. The van der Waals surface area contributed by atoms with Crippen molar-refractivity contribution in [3.8, 4) is 0 Å². The zero-order valence-electron chi connectivity index (χ0n) is 18.8. The molecule has 1 N–H and O–H groups in total. The van der Waals surface area contributed by atoms with Crippen molar-refractivity contribution in [2.24, 2.45) is 4.99 Å². The predicted octanol–water partition coefficient (Wildman–Crippen LogP) is 7.16. The summed E-state index contributed by atoms with van der Waals surface area (Å²) < 4.78 is 229. The highest BCUT2D eigenvalue weighted by Gasteiger charge is 2.95. The molecule has 0 fully saturated rings. The number of alkyl halides is 17. The van der Waals surface area contributed by atoms with Crippen LogP contribution >= 0.6 is 0 Å². The highest BCUT2D eigenvalue weighted by atomic mass is 19.4. The quantitative estimate of drug-likeness (QED) is 0.157. The fraction of sp³-hybridized carbons (Fsp3) is 0.941. The summed E-state index contributed by atoms with van der Waals surface area (Å²) >= 11 is 0. The molecule has 37 heavy (non-hydrogen) atoms. The first-order chi connectivity index (χ1) is 16.0. The van der Waals surface area contributed by atoms with Crippen molar-refractivity contribution >= 4 is 6.02 Å². The highest BCUT2D eigenvalue weighted by molar-refractivity contribution is 5.74. The summed E-state index contributed by atoms with van der Waals surface area (Å²) in [5, 5.41) is 2.34. The zero-order chi connectivity index (χ0) is 30.3. The van der Waals surface area contributed by atoms with Crippen LogP contribution in [0.4, 0.5) is 74.6 Å². The number of hydrogen-bond acceptors (Lipinski definition) is 2. The Hall–Kier alpha value is -1.92. The fourth-order valence-electron chi connectivity index (χ4n) is 2.23. The third kappa shape index (κ3) is 6.06. The lowest BCUT2D eigenvalue weighted by molar-refractivity contribution is -0.461. The minimum absolute atomic E-state index is 0.554. The number of hydrogen-bond donors (Lipinski definition) is 1. The Morgan fingerprint density at radius 1 is 0.595 bits per heavy atom. The second-order valence-corrected chi connectivity index (χ2v) is 8.07. The minimum atomic E-state index is -8.64. The molecule has 0 aromatic heterocycles. The van der Waals surface area contributed by atoms with Gasteiger partial charge in [0, 0.05) is 12.1 Å². The van der Waals surface area contributed by atoms with Crippen LogP contribution in [0.25, 0.3) is 0 Å². The Morgan fingerprint density at radius 3 is 1.27 bits per heavy atom. The number of amidine groups is 1. The van der Waals surface area contributed by atoms with Crippen molar-refractivity contribution in [1.29, 1.82) is 0 Å². The van der Waals surface area contributed by atoms with E-state index in [4.69, 9.17) is 0 Å². The lowest BCUT2D eigenvalue weighted by Crippen LogP contribution is -2.74. The van der Waals surface area contributed by atoms with E-state index in [0.29, 0.717) is 0 Å². The second-order valence-electron chi connectivity index (χ2n) is 8.07. The molecule has 0 rings (SSSR count). The molecule has 3 nitrogen and oxygen atoms in total. The van der Waals surface area contributed by atoms with Gasteiger partial charge in [0.15, 0.2) is 0 Å². The first kappa shape index (κ1) is 35.1. The van der Waals surface area contributed by atoms with Crippen molar-refractivity contribution < 1.29 is 79.4 Å². The number of ether oxygens (including phenoxy) is 1. The van der Waals surface area contributed by atoms with E-state index in [1.807, 2.05) is 0 Å². The predicted molar refractivity (Wildman–Crippen MR) is 92.1 cm³/mol. The van der Waals surface area contributed by atoms with E-state index in [1.54, 1.807) is 0 Å². The van der Waals surface area contributed by atoms with Gasteiger partial charge in [0.1, 0.15) is 0 Å². The maximum atomic E-state index is 13.8. The molecule has 222 valence electrons. The molecule has 0 atom stereocenters. The van der Waals surface area contributed by atoms with Gasteiger partial charge in [0.05, 0.1) is 13.0 Å². The van der Waals surface area contributed by atoms with Crippen LogP contribution < -0.4 is 5.32 Å². The summed E-state index contributed by atoms with van der Waals surface area (Å²) in [5.41, 5.74) is 0. The van der Waals surface area contributed by atoms with Gasteiger partial charge in [-0.15, -0.1) is 0 Å². The third-order valence-electron chi connectivity index (χ3n) is 4.23. The minimum Gasteiger partial charge on any atom is -0.465 e. The van der Waals surface area contributed by atoms with E-state index < -0.39 is 78.8 Å². The summed E-state index contributed by atoms with van der Waals surface area (Å²) in [4.78, 5) is 3.63. The summed E-state index contributed by atoms with van der Waals surface area (Å²) in [6.45, 7) is 3.85. The molecular formula is C17H19F17N2O. The van der Waals surface area contributed by atoms with Crippen LogP contribution in [0.1, 0.15) is 34.1 Å². The molecule has 20 heteroatoms. The van der Waals surface area contributed by atoms with Crippen LogP contribution in [0.15, 0.2) is 4.99 Å². The smallest absolute Gasteiger partial charge is 0.460 e. The average Bonchev–Trinajstić information content (AvgIpc) is 2.64. The molecule has 0 aliphatic heterocycles. The van der Waals surface area contributed by atoms with Crippen LogP contribution in [0.5, 0.6) is 0 Å². The monoisotopic (exact) mass is 590 g/mol. The lowest BCUT2D eigenvalue weighted by Gasteiger charge is -2.42.